The molecule has 0 saturated carbocycles. The highest BCUT2D eigenvalue weighted by molar-refractivity contribution is 8.00. The third-order valence-corrected chi connectivity index (χ3v) is 8.09. The van der Waals surface area contributed by atoms with Gasteiger partial charge in [0.25, 0.3) is 11.8 Å². The number of nitrogens with one attached hydrogen (secondary N) is 2. The molecule has 4 aromatic carbocycles. The summed E-state index contributed by atoms with van der Waals surface area (Å²) in [6, 6.07) is 30.1. The fourth-order valence-electron chi connectivity index (χ4n) is 3.86. The van der Waals surface area contributed by atoms with Gasteiger partial charge in [-0.3, -0.25) is 9.59 Å². The van der Waals surface area contributed by atoms with E-state index in [4.69, 9.17) is 9.72 Å². The van der Waals surface area contributed by atoms with Gasteiger partial charge in [0.2, 0.25) is 0 Å². The molecule has 5 aromatic rings. The first-order valence-corrected chi connectivity index (χ1v) is 13.8. The number of thiazole rings is 1. The predicted molar refractivity (Wildman–Crippen MR) is 154 cm³/mol. The summed E-state index contributed by atoms with van der Waals surface area (Å²) in [6.45, 7) is 0.385. The van der Waals surface area contributed by atoms with E-state index in [0.29, 0.717) is 23.4 Å². The molecule has 2 amide bonds. The number of ether oxygens (including phenoxy) is 1. The lowest BCUT2D eigenvalue weighted by Gasteiger charge is -2.11. The van der Waals surface area contributed by atoms with Crippen molar-refractivity contribution in [1.82, 2.24) is 10.3 Å². The van der Waals surface area contributed by atoms with Crippen LogP contribution in [0.25, 0.3) is 10.2 Å². The van der Waals surface area contributed by atoms with Crippen LogP contribution in [0.5, 0.6) is 5.75 Å². The zero-order chi connectivity index (χ0) is 26.3. The van der Waals surface area contributed by atoms with E-state index in [2.05, 4.69) is 10.6 Å². The van der Waals surface area contributed by atoms with E-state index < -0.39 is 0 Å². The van der Waals surface area contributed by atoms with Crippen molar-refractivity contribution in [1.29, 1.82) is 0 Å². The van der Waals surface area contributed by atoms with E-state index in [-0.39, 0.29) is 11.8 Å². The predicted octanol–water partition coefficient (Wildman–Crippen LogP) is 6.78. The van der Waals surface area contributed by atoms with E-state index >= 15 is 0 Å². The Morgan fingerprint density at radius 1 is 0.842 bits per heavy atom. The molecule has 0 aliphatic rings. The topological polar surface area (TPSA) is 80.3 Å². The Kier molecular flexibility index (Phi) is 8.01. The van der Waals surface area contributed by atoms with E-state index in [9.17, 15) is 9.59 Å². The van der Waals surface area contributed by atoms with Crippen molar-refractivity contribution in [2.24, 2.45) is 0 Å². The van der Waals surface area contributed by atoms with E-state index in [1.807, 2.05) is 72.8 Å². The summed E-state index contributed by atoms with van der Waals surface area (Å²) in [7, 11) is 1.66. The number of carbonyl (C=O) groups is 2. The quantitative estimate of drug-likeness (QED) is 0.202. The Labute approximate surface area is 229 Å². The molecule has 0 aliphatic carbocycles. The number of anilines is 1. The molecule has 2 N–H and O–H groups in total. The maximum atomic E-state index is 13.1. The van der Waals surface area contributed by atoms with Gasteiger partial charge < -0.3 is 15.4 Å². The number of hydrogen-bond acceptors (Lipinski definition) is 6. The van der Waals surface area contributed by atoms with Crippen molar-refractivity contribution in [3.05, 3.63) is 119 Å². The Bertz CT molecular complexity index is 1570. The van der Waals surface area contributed by atoms with Crippen LogP contribution in [0, 0.1) is 0 Å². The summed E-state index contributed by atoms with van der Waals surface area (Å²) in [6.07, 6.45) is 0. The second kappa shape index (κ2) is 11.9. The number of methoxy groups -OCH3 is 1. The monoisotopic (exact) mass is 539 g/mol. The number of benzene rings is 4. The highest BCUT2D eigenvalue weighted by Crippen LogP contribution is 2.33. The second-order valence-electron chi connectivity index (χ2n) is 8.47. The molecule has 6 nitrogen and oxygen atoms in total. The van der Waals surface area contributed by atoms with Crippen molar-refractivity contribution in [2.45, 2.75) is 16.6 Å². The number of thioether (sulfide) groups is 1. The molecule has 0 radical (unpaired) electrons. The molecule has 1 aromatic heterocycles. The maximum absolute atomic E-state index is 13.1. The molecule has 38 heavy (non-hydrogen) atoms. The van der Waals surface area contributed by atoms with Gasteiger partial charge in [0, 0.05) is 18.0 Å². The normalized spacial score (nSPS) is 10.8. The molecule has 0 saturated heterocycles. The van der Waals surface area contributed by atoms with Gasteiger partial charge >= 0.3 is 0 Å². The van der Waals surface area contributed by atoms with Crippen LogP contribution in [0.3, 0.4) is 0 Å². The summed E-state index contributed by atoms with van der Waals surface area (Å²) in [5, 5.41) is 5.84. The van der Waals surface area contributed by atoms with Crippen LogP contribution in [0.15, 0.2) is 101 Å². The maximum Gasteiger partial charge on any atom is 0.256 e. The van der Waals surface area contributed by atoms with E-state index in [0.717, 1.165) is 31.6 Å². The largest absolute Gasteiger partial charge is 0.497 e. The Morgan fingerprint density at radius 3 is 2.29 bits per heavy atom. The van der Waals surface area contributed by atoms with E-state index in [1.54, 1.807) is 54.5 Å². The number of fused-ring (bicyclic) bond motifs is 1. The average molecular weight is 540 g/mol. The number of amides is 2. The minimum Gasteiger partial charge on any atom is -0.497 e. The minimum absolute atomic E-state index is 0.295. The van der Waals surface area contributed by atoms with Crippen molar-refractivity contribution in [2.75, 3.05) is 12.4 Å². The van der Waals surface area contributed by atoms with Gasteiger partial charge in [0.05, 0.1) is 28.5 Å². The molecule has 8 heteroatoms. The van der Waals surface area contributed by atoms with Gasteiger partial charge in [0.1, 0.15) is 5.75 Å². The van der Waals surface area contributed by atoms with Crippen molar-refractivity contribution < 1.29 is 14.3 Å². The lowest BCUT2D eigenvalue weighted by molar-refractivity contribution is 0.0938. The summed E-state index contributed by atoms with van der Waals surface area (Å²) >= 11 is 3.26. The second-order valence-corrected chi connectivity index (χ2v) is 10.7. The highest BCUT2D eigenvalue weighted by Gasteiger charge is 2.17. The molecule has 0 aliphatic heterocycles. The molecular formula is C30H25N3O3S2. The van der Waals surface area contributed by atoms with Gasteiger partial charge in [0.15, 0.2) is 4.34 Å². The van der Waals surface area contributed by atoms with Crippen molar-refractivity contribution in [3.63, 3.8) is 0 Å². The van der Waals surface area contributed by atoms with Gasteiger partial charge in [-0.05, 0) is 53.6 Å². The SMILES string of the molecule is COc1ccc(CSc2nc3ccc(NC(=O)c4ccccc4C(=O)NCc4ccccc4)cc3s2)cc1. The van der Waals surface area contributed by atoms with Crippen LogP contribution in [0.1, 0.15) is 31.8 Å². The Morgan fingerprint density at radius 2 is 1.55 bits per heavy atom. The van der Waals surface area contributed by atoms with Gasteiger partial charge in [-0.2, -0.15) is 0 Å². The fraction of sp³-hybridized carbons (Fsp3) is 0.100. The first-order chi connectivity index (χ1) is 18.6. The lowest BCUT2D eigenvalue weighted by atomic mass is 10.1. The summed E-state index contributed by atoms with van der Waals surface area (Å²) < 4.78 is 7.16. The molecule has 0 bridgehead atoms. The molecule has 1 heterocycles. The summed E-state index contributed by atoms with van der Waals surface area (Å²) in [4.78, 5) is 30.7. The number of aromatic nitrogens is 1. The van der Waals surface area contributed by atoms with Crippen molar-refractivity contribution in [3.8, 4) is 5.75 Å². The zero-order valence-electron chi connectivity index (χ0n) is 20.6. The molecular weight excluding hydrogens is 514 g/mol. The third-order valence-electron chi connectivity index (χ3n) is 5.86. The Balaban J connectivity index is 1.25. The molecule has 5 rings (SSSR count). The highest BCUT2D eigenvalue weighted by atomic mass is 32.2. The van der Waals surface area contributed by atoms with Crippen LogP contribution in [-0.2, 0) is 12.3 Å². The van der Waals surface area contributed by atoms with Gasteiger partial charge in [-0.25, -0.2) is 4.98 Å². The van der Waals surface area contributed by atoms with Crippen LogP contribution in [0.2, 0.25) is 0 Å². The molecule has 190 valence electrons. The summed E-state index contributed by atoms with van der Waals surface area (Å²) in [5.41, 5.74) is 4.36. The zero-order valence-corrected chi connectivity index (χ0v) is 22.3. The van der Waals surface area contributed by atoms with Crippen LogP contribution in [-0.4, -0.2) is 23.9 Å². The fourth-order valence-corrected chi connectivity index (χ4v) is 5.92. The minimum atomic E-state index is -0.339. The average Bonchev–Trinajstić information content (AvgIpc) is 3.38. The van der Waals surface area contributed by atoms with Crippen LogP contribution < -0.4 is 15.4 Å². The first kappa shape index (κ1) is 25.5. The first-order valence-electron chi connectivity index (χ1n) is 12.0. The van der Waals surface area contributed by atoms with E-state index in [1.165, 1.54) is 5.56 Å². The number of carbonyl (C=O) groups excluding carboxylic acids is 2. The van der Waals surface area contributed by atoms with Gasteiger partial charge in [-0.15, -0.1) is 11.3 Å². The van der Waals surface area contributed by atoms with Crippen molar-refractivity contribution >= 4 is 50.8 Å². The number of nitrogens with zero attached hydrogens (tertiary/aromatic N) is 1. The Hall–Kier alpha value is -4.14. The van der Waals surface area contributed by atoms with Crippen LogP contribution in [0.4, 0.5) is 5.69 Å². The molecule has 0 fully saturated rings. The third kappa shape index (κ3) is 6.22. The lowest BCUT2D eigenvalue weighted by Crippen LogP contribution is -2.26. The number of rotatable bonds is 9. The molecule has 0 unspecified atom stereocenters. The number of hydrogen-bond donors (Lipinski definition) is 2. The van der Waals surface area contributed by atoms with Gasteiger partial charge in [-0.1, -0.05) is 66.4 Å². The molecule has 0 atom stereocenters. The smallest absolute Gasteiger partial charge is 0.256 e. The van der Waals surface area contributed by atoms with Crippen LogP contribution >= 0.6 is 23.1 Å². The molecule has 0 spiro atoms. The summed E-state index contributed by atoms with van der Waals surface area (Å²) in [5.74, 6) is 1.00. The standard InChI is InChI=1S/C30H25N3O3S2/c1-36-23-14-11-21(12-15-23)19-37-30-33-26-16-13-22(17-27(26)38-30)32-29(35)25-10-6-5-9-24(25)28(34)31-18-20-7-3-2-4-8-20/h2-17H,18-19H2,1H3,(H,31,34)(H,32,35).